The van der Waals surface area contributed by atoms with E-state index < -0.39 is 0 Å². The van der Waals surface area contributed by atoms with Gasteiger partial charge in [-0.1, -0.05) is 64.2 Å². The molecule has 0 radical (unpaired) electrons. The highest BCUT2D eigenvalue weighted by atomic mass is 16.5. The van der Waals surface area contributed by atoms with Crippen LogP contribution < -0.4 is 4.74 Å². The molecule has 0 aromatic heterocycles. The highest BCUT2D eigenvalue weighted by Gasteiger charge is 1.98. The quantitative estimate of drug-likeness (QED) is 0.105. The van der Waals surface area contributed by atoms with Crippen molar-refractivity contribution in [3.63, 3.8) is 0 Å². The van der Waals surface area contributed by atoms with Crippen LogP contribution in [0.3, 0.4) is 0 Å². The lowest BCUT2D eigenvalue weighted by molar-refractivity contribution is -0.137. The molecule has 5 nitrogen and oxygen atoms in total. The molecule has 0 aliphatic carbocycles. The monoisotopic (exact) mass is 450 g/mol. The molecular formula is C28H38N2O3. The zero-order valence-corrected chi connectivity index (χ0v) is 20.0. The fraction of sp³-hybridized carbons (Fsp3) is 0.464. The number of hydrogen-bond acceptors (Lipinski definition) is 5. The Morgan fingerprint density at radius 1 is 0.788 bits per heavy atom. The van der Waals surface area contributed by atoms with Gasteiger partial charge >= 0.3 is 5.97 Å². The van der Waals surface area contributed by atoms with E-state index in [0.717, 1.165) is 55.8 Å². The summed E-state index contributed by atoms with van der Waals surface area (Å²) in [5.41, 5.74) is 3.03. The van der Waals surface area contributed by atoms with Gasteiger partial charge in [-0.15, -0.1) is 0 Å². The topological polar surface area (TPSA) is 60.2 Å². The first kappa shape index (κ1) is 26.3. The van der Waals surface area contributed by atoms with E-state index in [1.807, 2.05) is 36.4 Å². The Hall–Kier alpha value is -2.95. The van der Waals surface area contributed by atoms with Gasteiger partial charge in [0.15, 0.2) is 0 Å². The second kappa shape index (κ2) is 16.7. The minimum Gasteiger partial charge on any atom is -0.494 e. The van der Waals surface area contributed by atoms with Gasteiger partial charge in [-0.3, -0.25) is 0 Å². The van der Waals surface area contributed by atoms with E-state index >= 15 is 0 Å². The Balaban J connectivity index is 1.54. The molecule has 2 aromatic rings. The number of hydrogen-bond donors (Lipinski definition) is 0. The predicted molar refractivity (Wildman–Crippen MR) is 135 cm³/mol. The minimum atomic E-state index is -0.336. The van der Waals surface area contributed by atoms with E-state index in [2.05, 4.69) is 35.9 Å². The molecule has 0 fully saturated rings. The summed E-state index contributed by atoms with van der Waals surface area (Å²) in [6.07, 6.45) is 12.5. The number of rotatable bonds is 17. The van der Waals surface area contributed by atoms with E-state index in [1.54, 1.807) is 0 Å². The van der Waals surface area contributed by atoms with Gasteiger partial charge in [0.05, 0.1) is 24.6 Å². The maximum absolute atomic E-state index is 10.9. The number of carbonyl (C=O) groups excluding carboxylic acids is 1. The Morgan fingerprint density at radius 2 is 1.33 bits per heavy atom. The van der Waals surface area contributed by atoms with Crippen molar-refractivity contribution < 1.29 is 14.3 Å². The Labute approximate surface area is 198 Å². The fourth-order valence-electron chi connectivity index (χ4n) is 3.34. The molecule has 0 saturated carbocycles. The molecule has 5 heteroatoms. The van der Waals surface area contributed by atoms with Gasteiger partial charge in [0, 0.05) is 6.08 Å². The van der Waals surface area contributed by atoms with Gasteiger partial charge in [0.1, 0.15) is 5.75 Å². The van der Waals surface area contributed by atoms with Crippen LogP contribution in [0.5, 0.6) is 5.75 Å². The summed E-state index contributed by atoms with van der Waals surface area (Å²) in [6.45, 7) is 6.80. The van der Waals surface area contributed by atoms with Gasteiger partial charge in [-0.05, 0) is 67.6 Å². The number of aryl methyl sites for hydroxylation is 1. The minimum absolute atomic E-state index is 0.336. The van der Waals surface area contributed by atoms with Crippen molar-refractivity contribution in [1.82, 2.24) is 0 Å². The maximum atomic E-state index is 10.9. The molecule has 178 valence electrons. The van der Waals surface area contributed by atoms with Crippen molar-refractivity contribution in [2.24, 2.45) is 10.2 Å². The number of azo groups is 1. The zero-order chi connectivity index (χ0) is 23.6. The highest BCUT2D eigenvalue weighted by Crippen LogP contribution is 2.22. The molecule has 0 aliphatic heterocycles. The molecule has 2 aromatic carbocycles. The van der Waals surface area contributed by atoms with Crippen LogP contribution in [0.15, 0.2) is 71.4 Å². The molecule has 33 heavy (non-hydrogen) atoms. The smallest absolute Gasteiger partial charge is 0.330 e. The molecule has 0 aliphatic rings. The summed E-state index contributed by atoms with van der Waals surface area (Å²) in [6, 6.07) is 16.1. The molecule has 0 saturated heterocycles. The third-order valence-electron chi connectivity index (χ3n) is 5.34. The Bertz CT molecular complexity index is 829. The number of ether oxygens (including phenoxy) is 2. The van der Waals surface area contributed by atoms with Gasteiger partial charge in [0.2, 0.25) is 0 Å². The third kappa shape index (κ3) is 12.0. The maximum Gasteiger partial charge on any atom is 0.330 e. The van der Waals surface area contributed by atoms with Gasteiger partial charge in [-0.25, -0.2) is 4.79 Å². The molecule has 0 spiro atoms. The van der Waals surface area contributed by atoms with Crippen LogP contribution in [0.1, 0.15) is 70.3 Å². The van der Waals surface area contributed by atoms with E-state index in [9.17, 15) is 4.79 Å². The number of unbranched alkanes of at least 4 members (excludes halogenated alkanes) is 7. The van der Waals surface area contributed by atoms with Gasteiger partial charge in [-0.2, -0.15) is 10.2 Å². The third-order valence-corrected chi connectivity index (χ3v) is 5.34. The van der Waals surface area contributed by atoms with E-state index in [-0.39, 0.29) is 5.97 Å². The number of esters is 1. The molecule has 2 rings (SSSR count). The van der Waals surface area contributed by atoms with Crippen LogP contribution in [0, 0.1) is 0 Å². The van der Waals surface area contributed by atoms with Crippen molar-refractivity contribution in [3.8, 4) is 5.75 Å². The Kier molecular flexibility index (Phi) is 13.3. The number of carbonyl (C=O) groups is 1. The van der Waals surface area contributed by atoms with E-state index in [4.69, 9.17) is 9.47 Å². The summed E-state index contributed by atoms with van der Waals surface area (Å²) in [4.78, 5) is 10.9. The molecule has 0 unspecified atom stereocenters. The summed E-state index contributed by atoms with van der Waals surface area (Å²) in [7, 11) is 0. The fourth-order valence-corrected chi connectivity index (χ4v) is 3.34. The van der Waals surface area contributed by atoms with Crippen LogP contribution in [-0.2, 0) is 16.0 Å². The predicted octanol–water partition coefficient (Wildman–Crippen LogP) is 8.28. The second-order valence-electron chi connectivity index (χ2n) is 8.16. The molecule has 0 heterocycles. The molecule has 0 N–H and O–H groups in total. The molecular weight excluding hydrogens is 412 g/mol. The van der Waals surface area contributed by atoms with Crippen molar-refractivity contribution in [1.29, 1.82) is 0 Å². The first-order chi connectivity index (χ1) is 16.2. The zero-order valence-electron chi connectivity index (χ0n) is 20.0. The van der Waals surface area contributed by atoms with Crippen LogP contribution in [-0.4, -0.2) is 19.2 Å². The van der Waals surface area contributed by atoms with Crippen LogP contribution >= 0.6 is 0 Å². The summed E-state index contributed by atoms with van der Waals surface area (Å²) < 4.78 is 10.8. The summed E-state index contributed by atoms with van der Waals surface area (Å²) >= 11 is 0. The number of benzene rings is 2. The molecule has 0 bridgehead atoms. The average molecular weight is 451 g/mol. The Morgan fingerprint density at radius 3 is 1.91 bits per heavy atom. The van der Waals surface area contributed by atoms with Crippen LogP contribution in [0.4, 0.5) is 11.4 Å². The lowest BCUT2D eigenvalue weighted by Crippen LogP contribution is -2.01. The molecule has 0 atom stereocenters. The SMILES string of the molecule is C=CC(=O)OCCCCCCCCCOc1ccc(N=Nc2ccc(CCCC)cc2)cc1. The largest absolute Gasteiger partial charge is 0.494 e. The summed E-state index contributed by atoms with van der Waals surface area (Å²) in [5, 5.41) is 8.64. The van der Waals surface area contributed by atoms with Gasteiger partial charge in [0.25, 0.3) is 0 Å². The van der Waals surface area contributed by atoms with Crippen molar-refractivity contribution >= 4 is 17.3 Å². The molecule has 0 amide bonds. The standard InChI is InChI=1S/C28H38N2O3/c1-3-5-13-24-14-16-25(17-15-24)29-30-26-18-20-27(21-19-26)32-22-11-9-7-6-8-10-12-23-33-28(31)4-2/h4,14-21H,2-3,5-13,22-23H2,1H3. The highest BCUT2D eigenvalue weighted by molar-refractivity contribution is 5.81. The summed E-state index contributed by atoms with van der Waals surface area (Å²) in [5.74, 6) is 0.528. The first-order valence-electron chi connectivity index (χ1n) is 12.2. The van der Waals surface area contributed by atoms with Crippen molar-refractivity contribution in [3.05, 3.63) is 66.7 Å². The van der Waals surface area contributed by atoms with E-state index in [0.29, 0.717) is 6.61 Å². The lowest BCUT2D eigenvalue weighted by Gasteiger charge is -2.06. The van der Waals surface area contributed by atoms with Crippen LogP contribution in [0.25, 0.3) is 0 Å². The van der Waals surface area contributed by atoms with Crippen LogP contribution in [0.2, 0.25) is 0 Å². The average Bonchev–Trinajstić information content (AvgIpc) is 2.85. The normalized spacial score (nSPS) is 10.9. The second-order valence-corrected chi connectivity index (χ2v) is 8.16. The van der Waals surface area contributed by atoms with Crippen molar-refractivity contribution in [2.75, 3.05) is 13.2 Å². The first-order valence-corrected chi connectivity index (χ1v) is 12.2. The number of nitrogens with zero attached hydrogens (tertiary/aromatic N) is 2. The lowest BCUT2D eigenvalue weighted by atomic mass is 10.1. The van der Waals surface area contributed by atoms with Crippen molar-refractivity contribution in [2.45, 2.75) is 71.1 Å². The van der Waals surface area contributed by atoms with E-state index in [1.165, 1.54) is 43.7 Å². The van der Waals surface area contributed by atoms with Gasteiger partial charge < -0.3 is 9.47 Å².